The van der Waals surface area contributed by atoms with Crippen LogP contribution in [0.15, 0.2) is 10.7 Å². The molecule has 0 bridgehead atoms. The second kappa shape index (κ2) is 9.12. The van der Waals surface area contributed by atoms with Crippen LogP contribution >= 0.6 is 0 Å². The van der Waals surface area contributed by atoms with Crippen LogP contribution in [0.25, 0.3) is 0 Å². The number of ether oxygens (including phenoxy) is 1. The Morgan fingerprint density at radius 3 is 2.76 bits per heavy atom. The molecule has 1 aromatic rings. The van der Waals surface area contributed by atoms with E-state index in [1.807, 2.05) is 13.8 Å². The number of carbonyl (C=O) groups is 2. The third-order valence-corrected chi connectivity index (χ3v) is 2.76. The van der Waals surface area contributed by atoms with Gasteiger partial charge in [0.2, 0.25) is 11.8 Å². The van der Waals surface area contributed by atoms with Crippen molar-refractivity contribution >= 4 is 11.8 Å². The maximum absolute atomic E-state index is 11.9. The summed E-state index contributed by atoms with van der Waals surface area (Å²) in [4.78, 5) is 29.3. The highest BCUT2D eigenvalue weighted by Crippen LogP contribution is 2.07. The van der Waals surface area contributed by atoms with Crippen LogP contribution < -0.4 is 5.32 Å². The quantitative estimate of drug-likeness (QED) is 0.740. The van der Waals surface area contributed by atoms with Gasteiger partial charge in [0.1, 0.15) is 12.9 Å². The molecule has 1 aromatic heterocycles. The number of nitrogens with one attached hydrogen (secondary N) is 1. The van der Waals surface area contributed by atoms with Gasteiger partial charge in [-0.2, -0.15) is 0 Å². The van der Waals surface area contributed by atoms with Gasteiger partial charge in [0.05, 0.1) is 6.54 Å². The molecule has 118 valence electrons. The lowest BCUT2D eigenvalue weighted by molar-refractivity contribution is -0.136. The van der Waals surface area contributed by atoms with Gasteiger partial charge in [-0.3, -0.25) is 9.59 Å². The van der Waals surface area contributed by atoms with Crippen molar-refractivity contribution in [3.05, 3.63) is 17.8 Å². The molecule has 0 aromatic carbocycles. The molecule has 1 rings (SSSR count). The molecule has 2 amide bonds. The van der Waals surface area contributed by atoms with Gasteiger partial charge in [0.15, 0.2) is 5.69 Å². The highest BCUT2D eigenvalue weighted by atomic mass is 16.5. The van der Waals surface area contributed by atoms with Crippen LogP contribution in [-0.4, -0.2) is 48.5 Å². The summed E-state index contributed by atoms with van der Waals surface area (Å²) in [5.41, 5.74) is 0.231. The third kappa shape index (κ3) is 5.55. The number of hydrogen-bond acceptors (Lipinski definition) is 5. The summed E-state index contributed by atoms with van der Waals surface area (Å²) in [5.74, 6) is -0.0544. The Balaban J connectivity index is 2.65. The smallest absolute Gasteiger partial charge is 0.273 e. The number of methoxy groups -OCH3 is 1. The number of hydrogen-bond donors (Lipinski definition) is 1. The van der Waals surface area contributed by atoms with Gasteiger partial charge in [0.25, 0.3) is 5.91 Å². The summed E-state index contributed by atoms with van der Waals surface area (Å²) in [6.45, 7) is 5.38. The first-order valence-electron chi connectivity index (χ1n) is 7.11. The number of oxazole rings is 1. The van der Waals surface area contributed by atoms with Crippen molar-refractivity contribution in [2.24, 2.45) is 0 Å². The fourth-order valence-corrected chi connectivity index (χ4v) is 1.76. The summed E-state index contributed by atoms with van der Waals surface area (Å²) >= 11 is 0. The molecule has 0 aliphatic rings. The molecule has 0 radical (unpaired) electrons. The van der Waals surface area contributed by atoms with Crippen molar-refractivity contribution in [3.63, 3.8) is 0 Å². The maximum Gasteiger partial charge on any atom is 0.273 e. The number of rotatable bonds is 9. The van der Waals surface area contributed by atoms with Gasteiger partial charge >= 0.3 is 0 Å². The highest BCUT2D eigenvalue weighted by molar-refractivity contribution is 5.91. The molecular formula is C14H23N3O4. The Morgan fingerprint density at radius 1 is 1.38 bits per heavy atom. The van der Waals surface area contributed by atoms with Crippen molar-refractivity contribution in [1.82, 2.24) is 15.2 Å². The predicted molar refractivity (Wildman–Crippen MR) is 76.7 cm³/mol. The minimum absolute atomic E-state index is 0.0184. The SMILES string of the molecule is CCCNC(=O)c1coc(CN(CCC)C(=O)COC)n1. The van der Waals surface area contributed by atoms with Crippen molar-refractivity contribution in [1.29, 1.82) is 0 Å². The first-order chi connectivity index (χ1) is 10.1. The van der Waals surface area contributed by atoms with Crippen molar-refractivity contribution < 1.29 is 18.7 Å². The molecular weight excluding hydrogens is 274 g/mol. The van der Waals surface area contributed by atoms with E-state index >= 15 is 0 Å². The molecule has 0 aliphatic carbocycles. The van der Waals surface area contributed by atoms with Crippen LogP contribution in [0.1, 0.15) is 43.1 Å². The molecule has 0 fully saturated rings. The molecule has 0 saturated heterocycles. The third-order valence-electron chi connectivity index (χ3n) is 2.76. The first kappa shape index (κ1) is 17.2. The molecule has 7 nitrogen and oxygen atoms in total. The largest absolute Gasteiger partial charge is 0.446 e. The van der Waals surface area contributed by atoms with E-state index in [4.69, 9.17) is 9.15 Å². The second-order valence-corrected chi connectivity index (χ2v) is 4.63. The Morgan fingerprint density at radius 2 is 2.14 bits per heavy atom. The fourth-order valence-electron chi connectivity index (χ4n) is 1.76. The summed E-state index contributed by atoms with van der Waals surface area (Å²) < 4.78 is 10.1. The minimum atomic E-state index is -0.267. The molecule has 1 heterocycles. The normalized spacial score (nSPS) is 10.4. The van der Waals surface area contributed by atoms with Crippen molar-refractivity contribution in [3.8, 4) is 0 Å². The van der Waals surface area contributed by atoms with E-state index < -0.39 is 0 Å². The highest BCUT2D eigenvalue weighted by Gasteiger charge is 2.17. The van der Waals surface area contributed by atoms with E-state index in [9.17, 15) is 9.59 Å². The van der Waals surface area contributed by atoms with Gasteiger partial charge < -0.3 is 19.4 Å². The van der Waals surface area contributed by atoms with Gasteiger partial charge in [-0.25, -0.2) is 4.98 Å². The Kier molecular flexibility index (Phi) is 7.45. The lowest BCUT2D eigenvalue weighted by Crippen LogP contribution is -2.34. The van der Waals surface area contributed by atoms with Crippen molar-refractivity contribution in [2.75, 3.05) is 26.8 Å². The van der Waals surface area contributed by atoms with Gasteiger partial charge in [-0.1, -0.05) is 13.8 Å². The first-order valence-corrected chi connectivity index (χ1v) is 7.11. The van der Waals surface area contributed by atoms with Gasteiger partial charge in [-0.05, 0) is 12.8 Å². The van der Waals surface area contributed by atoms with Crippen molar-refractivity contribution in [2.45, 2.75) is 33.2 Å². The standard InChI is InChI=1S/C14H23N3O4/c1-4-6-15-14(19)11-9-21-12(16-11)8-17(7-5-2)13(18)10-20-3/h9H,4-8,10H2,1-3H3,(H,15,19). The van der Waals surface area contributed by atoms with Crippen LogP contribution in [0.5, 0.6) is 0 Å². The van der Waals surface area contributed by atoms with Crippen LogP contribution in [-0.2, 0) is 16.1 Å². The molecule has 0 saturated carbocycles. The minimum Gasteiger partial charge on any atom is -0.446 e. The Bertz CT molecular complexity index is 459. The van der Waals surface area contributed by atoms with Gasteiger partial charge in [-0.15, -0.1) is 0 Å². The number of carbonyl (C=O) groups excluding carboxylic acids is 2. The number of aromatic nitrogens is 1. The zero-order valence-corrected chi connectivity index (χ0v) is 12.8. The Labute approximate surface area is 124 Å². The van der Waals surface area contributed by atoms with Crippen LogP contribution in [0.3, 0.4) is 0 Å². The van der Waals surface area contributed by atoms with Gasteiger partial charge in [0, 0.05) is 20.2 Å². The molecule has 0 aliphatic heterocycles. The monoisotopic (exact) mass is 297 g/mol. The molecule has 1 N–H and O–H groups in total. The molecule has 7 heteroatoms. The van der Waals surface area contributed by atoms with Crippen LogP contribution in [0.2, 0.25) is 0 Å². The zero-order valence-electron chi connectivity index (χ0n) is 12.8. The molecule has 0 atom stereocenters. The molecule has 0 spiro atoms. The van der Waals surface area contributed by atoms with E-state index in [-0.39, 0.29) is 30.7 Å². The molecule has 21 heavy (non-hydrogen) atoms. The van der Waals surface area contributed by atoms with E-state index in [1.54, 1.807) is 4.90 Å². The predicted octanol–water partition coefficient (Wildman–Crippen LogP) is 1.20. The maximum atomic E-state index is 11.9. The van der Waals surface area contributed by atoms with E-state index in [1.165, 1.54) is 13.4 Å². The second-order valence-electron chi connectivity index (χ2n) is 4.63. The number of amides is 2. The number of nitrogens with zero attached hydrogens (tertiary/aromatic N) is 2. The summed E-state index contributed by atoms with van der Waals surface area (Å²) in [7, 11) is 1.48. The summed E-state index contributed by atoms with van der Waals surface area (Å²) in [5, 5.41) is 2.72. The van der Waals surface area contributed by atoms with E-state index in [0.29, 0.717) is 19.0 Å². The average Bonchev–Trinajstić information content (AvgIpc) is 2.93. The summed E-state index contributed by atoms with van der Waals surface area (Å²) in [6.07, 6.45) is 2.98. The summed E-state index contributed by atoms with van der Waals surface area (Å²) in [6, 6.07) is 0. The van der Waals surface area contributed by atoms with Crippen LogP contribution in [0, 0.1) is 0 Å². The lowest BCUT2D eigenvalue weighted by Gasteiger charge is -2.19. The topological polar surface area (TPSA) is 84.7 Å². The lowest BCUT2D eigenvalue weighted by atomic mass is 10.3. The van der Waals surface area contributed by atoms with E-state index in [2.05, 4.69) is 10.3 Å². The van der Waals surface area contributed by atoms with E-state index in [0.717, 1.165) is 12.8 Å². The average molecular weight is 297 g/mol. The molecule has 0 unspecified atom stereocenters. The Hall–Kier alpha value is -1.89. The fraction of sp³-hybridized carbons (Fsp3) is 0.643. The zero-order chi connectivity index (χ0) is 15.7. The van der Waals surface area contributed by atoms with Crippen LogP contribution in [0.4, 0.5) is 0 Å².